The van der Waals surface area contributed by atoms with Crippen molar-refractivity contribution in [2.24, 2.45) is 0 Å². The molecule has 1 N–H and O–H groups in total. The molecule has 1 fully saturated rings. The fraction of sp³-hybridized carbons (Fsp3) is 0.316. The van der Waals surface area contributed by atoms with Crippen LogP contribution in [-0.4, -0.2) is 34.3 Å². The number of nitrogens with zero attached hydrogens (tertiary/aromatic N) is 2. The van der Waals surface area contributed by atoms with Gasteiger partial charge in [0.2, 0.25) is 0 Å². The highest BCUT2D eigenvalue weighted by atomic mass is 35.5. The van der Waals surface area contributed by atoms with Gasteiger partial charge in [-0.2, -0.15) is 5.10 Å². The van der Waals surface area contributed by atoms with E-state index in [2.05, 4.69) is 33.3 Å². The second-order valence-electron chi connectivity index (χ2n) is 6.36. The number of fused-ring (bicyclic) bond motifs is 1. The van der Waals surface area contributed by atoms with E-state index in [1.807, 2.05) is 30.5 Å². The number of H-pyrrole nitrogens is 1. The van der Waals surface area contributed by atoms with Crippen molar-refractivity contribution in [1.29, 1.82) is 0 Å². The minimum atomic E-state index is 0. The van der Waals surface area contributed by atoms with Crippen LogP contribution in [0.15, 0.2) is 48.7 Å². The monoisotopic (exact) mass is 377 g/mol. The van der Waals surface area contributed by atoms with Crippen LogP contribution in [0.2, 0.25) is 5.02 Å². The molecule has 0 bridgehead atoms. The van der Waals surface area contributed by atoms with Crippen LogP contribution in [0, 0.1) is 0 Å². The van der Waals surface area contributed by atoms with Gasteiger partial charge in [-0.25, -0.2) is 0 Å². The standard InChI is InChI=1S/C19H20ClN3O.ClH/c20-16-5-3-14(4-6-16)12-23-9-1-2-18(13-23)24-17-7-8-19-15(10-17)11-21-22-19;/h3-8,10-11,18H,1-2,9,12-13H2,(H,21,22);1H. The number of aromatic nitrogens is 2. The van der Waals surface area contributed by atoms with E-state index in [1.165, 1.54) is 5.56 Å². The van der Waals surface area contributed by atoms with Crippen LogP contribution in [0.25, 0.3) is 10.9 Å². The minimum absolute atomic E-state index is 0. The molecule has 4 nitrogen and oxygen atoms in total. The summed E-state index contributed by atoms with van der Waals surface area (Å²) in [7, 11) is 0. The van der Waals surface area contributed by atoms with Crippen LogP contribution < -0.4 is 4.74 Å². The van der Waals surface area contributed by atoms with Gasteiger partial charge < -0.3 is 4.74 Å². The van der Waals surface area contributed by atoms with Gasteiger partial charge in [0.25, 0.3) is 0 Å². The Balaban J connectivity index is 0.00000182. The van der Waals surface area contributed by atoms with Gasteiger partial charge in [0.1, 0.15) is 11.9 Å². The van der Waals surface area contributed by atoms with Crippen molar-refractivity contribution in [1.82, 2.24) is 15.1 Å². The SMILES string of the molecule is Cl.Clc1ccc(CN2CCCC(Oc3ccc4[nH]ncc4c3)C2)cc1. The van der Waals surface area contributed by atoms with Crippen molar-refractivity contribution >= 4 is 34.9 Å². The van der Waals surface area contributed by atoms with Gasteiger partial charge in [0, 0.05) is 23.5 Å². The van der Waals surface area contributed by atoms with E-state index in [4.69, 9.17) is 16.3 Å². The highest BCUT2D eigenvalue weighted by Gasteiger charge is 2.21. The van der Waals surface area contributed by atoms with Crippen molar-refractivity contribution in [3.63, 3.8) is 0 Å². The summed E-state index contributed by atoms with van der Waals surface area (Å²) in [6.45, 7) is 3.01. The predicted octanol–water partition coefficient (Wildman–Crippen LogP) is 4.68. The maximum Gasteiger partial charge on any atom is 0.120 e. The Hall–Kier alpha value is -1.75. The summed E-state index contributed by atoms with van der Waals surface area (Å²) in [6, 6.07) is 14.2. The number of nitrogens with one attached hydrogen (secondary N) is 1. The molecule has 1 atom stereocenters. The Morgan fingerprint density at radius 3 is 2.88 bits per heavy atom. The summed E-state index contributed by atoms with van der Waals surface area (Å²) in [5, 5.41) is 8.89. The predicted molar refractivity (Wildman–Crippen MR) is 104 cm³/mol. The number of hydrogen-bond donors (Lipinski definition) is 1. The number of benzene rings is 2. The summed E-state index contributed by atoms with van der Waals surface area (Å²) in [5.41, 5.74) is 2.33. The molecule has 1 aliphatic rings. The molecule has 0 radical (unpaired) electrons. The Morgan fingerprint density at radius 1 is 1.20 bits per heavy atom. The highest BCUT2D eigenvalue weighted by molar-refractivity contribution is 6.30. The third-order valence-corrected chi connectivity index (χ3v) is 4.75. The quantitative estimate of drug-likeness (QED) is 0.717. The first-order valence-electron chi connectivity index (χ1n) is 8.33. The average molecular weight is 378 g/mol. The maximum absolute atomic E-state index is 6.22. The first kappa shape index (κ1) is 18.1. The molecular formula is C19H21Cl2N3O. The number of ether oxygens (including phenoxy) is 1. The maximum atomic E-state index is 6.22. The molecule has 4 rings (SSSR count). The van der Waals surface area contributed by atoms with Gasteiger partial charge in [-0.1, -0.05) is 23.7 Å². The first-order valence-corrected chi connectivity index (χ1v) is 8.71. The lowest BCUT2D eigenvalue weighted by molar-refractivity contribution is 0.0844. The molecular weight excluding hydrogens is 357 g/mol. The average Bonchev–Trinajstić information content (AvgIpc) is 3.05. The highest BCUT2D eigenvalue weighted by Crippen LogP contribution is 2.23. The summed E-state index contributed by atoms with van der Waals surface area (Å²) in [5.74, 6) is 0.919. The minimum Gasteiger partial charge on any atom is -0.489 e. The van der Waals surface area contributed by atoms with Crippen molar-refractivity contribution in [3.8, 4) is 5.75 Å². The van der Waals surface area contributed by atoms with E-state index >= 15 is 0 Å². The molecule has 6 heteroatoms. The summed E-state index contributed by atoms with van der Waals surface area (Å²) in [6.07, 6.45) is 4.32. The Morgan fingerprint density at radius 2 is 2.04 bits per heavy atom. The molecule has 1 aliphatic heterocycles. The van der Waals surface area contributed by atoms with E-state index in [0.29, 0.717) is 0 Å². The Bertz CT molecular complexity index is 819. The van der Waals surface area contributed by atoms with Crippen LogP contribution in [-0.2, 0) is 6.54 Å². The largest absolute Gasteiger partial charge is 0.489 e. The summed E-state index contributed by atoms with van der Waals surface area (Å²) >= 11 is 5.96. The normalized spacial score (nSPS) is 18.0. The third-order valence-electron chi connectivity index (χ3n) is 4.50. The van der Waals surface area contributed by atoms with Crippen LogP contribution >= 0.6 is 24.0 Å². The van der Waals surface area contributed by atoms with Crippen LogP contribution in [0.3, 0.4) is 0 Å². The number of rotatable bonds is 4. The fourth-order valence-corrected chi connectivity index (χ4v) is 3.41. The van der Waals surface area contributed by atoms with Crippen LogP contribution in [0.4, 0.5) is 0 Å². The van der Waals surface area contributed by atoms with Gasteiger partial charge in [-0.15, -0.1) is 12.4 Å². The second kappa shape index (κ2) is 8.09. The molecule has 2 heterocycles. The molecule has 1 aromatic heterocycles. The fourth-order valence-electron chi connectivity index (χ4n) is 3.29. The molecule has 0 saturated carbocycles. The zero-order valence-corrected chi connectivity index (χ0v) is 15.4. The zero-order valence-electron chi connectivity index (χ0n) is 13.8. The van der Waals surface area contributed by atoms with E-state index in [9.17, 15) is 0 Å². The number of likely N-dealkylation sites (tertiary alicyclic amines) is 1. The number of aromatic amines is 1. The molecule has 0 aliphatic carbocycles. The number of halogens is 2. The lowest BCUT2D eigenvalue weighted by atomic mass is 10.1. The van der Waals surface area contributed by atoms with Crippen molar-refractivity contribution in [2.75, 3.05) is 13.1 Å². The first-order chi connectivity index (χ1) is 11.8. The lowest BCUT2D eigenvalue weighted by Gasteiger charge is -2.33. The van der Waals surface area contributed by atoms with Gasteiger partial charge in [-0.05, 0) is 55.3 Å². The third kappa shape index (κ3) is 4.46. The molecule has 1 unspecified atom stereocenters. The molecule has 25 heavy (non-hydrogen) atoms. The van der Waals surface area contributed by atoms with Gasteiger partial charge in [0.15, 0.2) is 0 Å². The molecule has 1 saturated heterocycles. The van der Waals surface area contributed by atoms with E-state index in [0.717, 1.165) is 54.2 Å². The van der Waals surface area contributed by atoms with E-state index in [1.54, 1.807) is 0 Å². The summed E-state index contributed by atoms with van der Waals surface area (Å²) < 4.78 is 6.22. The topological polar surface area (TPSA) is 41.1 Å². The van der Waals surface area contributed by atoms with Gasteiger partial charge in [0.05, 0.1) is 11.7 Å². The van der Waals surface area contributed by atoms with E-state index in [-0.39, 0.29) is 18.5 Å². The summed E-state index contributed by atoms with van der Waals surface area (Å²) in [4.78, 5) is 2.45. The van der Waals surface area contributed by atoms with Crippen molar-refractivity contribution in [2.45, 2.75) is 25.5 Å². The van der Waals surface area contributed by atoms with Crippen LogP contribution in [0.5, 0.6) is 5.75 Å². The number of hydrogen-bond acceptors (Lipinski definition) is 3. The Kier molecular flexibility index (Phi) is 5.84. The molecule has 0 spiro atoms. The second-order valence-corrected chi connectivity index (χ2v) is 6.80. The Labute approximate surface area is 158 Å². The van der Waals surface area contributed by atoms with Crippen LogP contribution in [0.1, 0.15) is 18.4 Å². The van der Waals surface area contributed by atoms with Gasteiger partial charge >= 0.3 is 0 Å². The molecule has 3 aromatic rings. The molecule has 0 amide bonds. The van der Waals surface area contributed by atoms with E-state index < -0.39 is 0 Å². The molecule has 132 valence electrons. The van der Waals surface area contributed by atoms with Crippen molar-refractivity contribution < 1.29 is 4.74 Å². The smallest absolute Gasteiger partial charge is 0.120 e. The van der Waals surface area contributed by atoms with Crippen molar-refractivity contribution in [3.05, 3.63) is 59.2 Å². The van der Waals surface area contributed by atoms with Gasteiger partial charge in [-0.3, -0.25) is 10.00 Å². The lowest BCUT2D eigenvalue weighted by Crippen LogP contribution is -2.40. The number of piperidine rings is 1. The zero-order chi connectivity index (χ0) is 16.4. The molecule has 2 aromatic carbocycles.